The third kappa shape index (κ3) is 43.5. The highest BCUT2D eigenvalue weighted by Crippen LogP contribution is 2.43. The quantitative estimate of drug-likeness (QED) is 0.0177. The number of phosphoric ester groups is 1. The zero-order valence-electron chi connectivity index (χ0n) is 37.8. The largest absolute Gasteiger partial charge is 0.472 e. The number of aliphatic hydroxyl groups is 1. The molecule has 0 heterocycles. The molecule has 0 rings (SSSR count). The summed E-state index contributed by atoms with van der Waals surface area (Å²) in [7, 11) is -4.41. The van der Waals surface area contributed by atoms with Crippen molar-refractivity contribution in [2.45, 2.75) is 199 Å². The van der Waals surface area contributed by atoms with Gasteiger partial charge in [-0.3, -0.25) is 18.6 Å². The predicted molar refractivity (Wildman–Crippen MR) is 248 cm³/mol. The summed E-state index contributed by atoms with van der Waals surface area (Å²) in [6, 6.07) is 0. The summed E-state index contributed by atoms with van der Waals surface area (Å²) in [5.41, 5.74) is 5.35. The van der Waals surface area contributed by atoms with Gasteiger partial charge in [-0.05, 0) is 44.9 Å². The Balaban J connectivity index is 4.24. The van der Waals surface area contributed by atoms with Crippen LogP contribution in [0.3, 0.4) is 0 Å². The maximum absolute atomic E-state index is 12.6. The predicted octanol–water partition coefficient (Wildman–Crippen LogP) is 12.8. The van der Waals surface area contributed by atoms with Gasteiger partial charge < -0.3 is 25.2 Å². The molecule has 0 fully saturated rings. The van der Waals surface area contributed by atoms with E-state index in [-0.39, 0.29) is 32.6 Å². The van der Waals surface area contributed by atoms with Crippen LogP contribution in [0.2, 0.25) is 0 Å². The van der Waals surface area contributed by atoms with Gasteiger partial charge in [0.2, 0.25) is 0 Å². The van der Waals surface area contributed by atoms with Gasteiger partial charge in [-0.2, -0.15) is 0 Å². The van der Waals surface area contributed by atoms with Gasteiger partial charge >= 0.3 is 19.8 Å². The Morgan fingerprint density at radius 1 is 0.600 bits per heavy atom. The minimum atomic E-state index is -4.41. The number of unbranched alkanes of at least 4 members (excludes halogenated alkanes) is 18. The first kappa shape index (κ1) is 57.4. The fraction of sp³-hybridized carbons (Fsp3) is 0.714. The van der Waals surface area contributed by atoms with Crippen molar-refractivity contribution < 1.29 is 42.7 Å². The van der Waals surface area contributed by atoms with Gasteiger partial charge in [0.15, 0.2) is 6.10 Å². The lowest BCUT2D eigenvalue weighted by molar-refractivity contribution is -0.161. The highest BCUT2D eigenvalue weighted by atomic mass is 31.2. The van der Waals surface area contributed by atoms with Crippen LogP contribution in [0.5, 0.6) is 0 Å². The summed E-state index contributed by atoms with van der Waals surface area (Å²) in [5, 5.41) is 9.84. The van der Waals surface area contributed by atoms with Crippen LogP contribution in [0.25, 0.3) is 0 Å². The summed E-state index contributed by atoms with van der Waals surface area (Å²) in [6.45, 7) is 3.44. The molecule has 10 nitrogen and oxygen atoms in total. The first-order valence-electron chi connectivity index (χ1n) is 23.5. The molecular formula is C49H86NO9P. The Bertz CT molecular complexity index is 1230. The molecule has 11 heteroatoms. The lowest BCUT2D eigenvalue weighted by Crippen LogP contribution is -2.29. The fourth-order valence-corrected chi connectivity index (χ4v) is 6.98. The number of ether oxygens (including phenoxy) is 2. The third-order valence-corrected chi connectivity index (χ3v) is 10.7. The van der Waals surface area contributed by atoms with E-state index in [9.17, 15) is 24.2 Å². The Labute approximate surface area is 365 Å². The SMILES string of the molecule is CC/C=C\CC(O)/C=C/C=C/C/C=C\C/C=C\C/C=C\CCC(=O)OC[C@H](COP(=O)(O)OCCN)OC(=O)CCCCCCCCCCCCCCCCCCCCC. The molecular weight excluding hydrogens is 778 g/mol. The van der Waals surface area contributed by atoms with E-state index in [4.69, 9.17) is 24.3 Å². The average Bonchev–Trinajstić information content (AvgIpc) is 3.23. The van der Waals surface area contributed by atoms with Crippen molar-refractivity contribution in [2.24, 2.45) is 5.73 Å². The van der Waals surface area contributed by atoms with Gasteiger partial charge in [0.1, 0.15) is 6.61 Å². The maximum atomic E-state index is 12.6. The van der Waals surface area contributed by atoms with Gasteiger partial charge in [0.25, 0.3) is 0 Å². The Kier molecular flexibility index (Phi) is 42.5. The van der Waals surface area contributed by atoms with E-state index in [1.54, 1.807) is 6.08 Å². The maximum Gasteiger partial charge on any atom is 0.472 e. The van der Waals surface area contributed by atoms with Crippen LogP contribution < -0.4 is 5.73 Å². The van der Waals surface area contributed by atoms with E-state index >= 15 is 0 Å². The van der Waals surface area contributed by atoms with Gasteiger partial charge in [-0.25, -0.2) is 4.57 Å². The molecule has 60 heavy (non-hydrogen) atoms. The monoisotopic (exact) mass is 864 g/mol. The topological polar surface area (TPSA) is 155 Å². The van der Waals surface area contributed by atoms with Crippen LogP contribution in [0.1, 0.15) is 187 Å². The van der Waals surface area contributed by atoms with Gasteiger partial charge in [-0.15, -0.1) is 0 Å². The van der Waals surface area contributed by atoms with Crippen molar-refractivity contribution in [3.8, 4) is 0 Å². The number of esters is 2. The molecule has 0 amide bonds. The van der Waals surface area contributed by atoms with Crippen LogP contribution >= 0.6 is 7.82 Å². The summed E-state index contributed by atoms with van der Waals surface area (Å²) < 4.78 is 32.7. The van der Waals surface area contributed by atoms with Crippen LogP contribution in [0.15, 0.2) is 72.9 Å². The van der Waals surface area contributed by atoms with Crippen LogP contribution in [-0.2, 0) is 32.7 Å². The molecule has 0 aliphatic rings. The van der Waals surface area contributed by atoms with Crippen molar-refractivity contribution in [3.63, 3.8) is 0 Å². The highest BCUT2D eigenvalue weighted by molar-refractivity contribution is 7.47. The molecule has 0 aromatic rings. The molecule has 0 saturated carbocycles. The smallest absolute Gasteiger partial charge is 0.462 e. The van der Waals surface area contributed by atoms with Crippen LogP contribution in [-0.4, -0.2) is 60.5 Å². The molecule has 0 aromatic carbocycles. The lowest BCUT2D eigenvalue weighted by Gasteiger charge is -2.19. The zero-order valence-corrected chi connectivity index (χ0v) is 38.7. The lowest BCUT2D eigenvalue weighted by atomic mass is 10.0. The highest BCUT2D eigenvalue weighted by Gasteiger charge is 2.26. The molecule has 2 unspecified atom stereocenters. The number of aliphatic hydroxyl groups excluding tert-OH is 1. The Hall–Kier alpha value is -2.59. The molecule has 0 bridgehead atoms. The molecule has 0 radical (unpaired) electrons. The molecule has 3 atom stereocenters. The minimum absolute atomic E-state index is 0.0358. The van der Waals surface area contributed by atoms with E-state index in [0.29, 0.717) is 19.3 Å². The second-order valence-electron chi connectivity index (χ2n) is 15.5. The molecule has 0 spiro atoms. The molecule has 0 aliphatic carbocycles. The molecule has 0 aliphatic heterocycles. The first-order chi connectivity index (χ1) is 29.2. The minimum Gasteiger partial charge on any atom is -0.462 e. The second kappa shape index (κ2) is 44.5. The van der Waals surface area contributed by atoms with Crippen LogP contribution in [0.4, 0.5) is 0 Å². The number of carbonyl (C=O) groups is 2. The molecule has 0 saturated heterocycles. The number of rotatable bonds is 43. The van der Waals surface area contributed by atoms with E-state index in [1.807, 2.05) is 42.5 Å². The molecule has 4 N–H and O–H groups in total. The molecule has 346 valence electrons. The zero-order chi connectivity index (χ0) is 44.0. The fourth-order valence-electron chi connectivity index (χ4n) is 6.22. The van der Waals surface area contributed by atoms with Crippen LogP contribution in [0, 0.1) is 0 Å². The van der Waals surface area contributed by atoms with Gasteiger partial charge in [0.05, 0.1) is 19.3 Å². The Morgan fingerprint density at radius 3 is 1.65 bits per heavy atom. The molecule has 0 aromatic heterocycles. The Morgan fingerprint density at radius 2 is 1.12 bits per heavy atom. The number of hydrogen-bond donors (Lipinski definition) is 3. The number of hydrogen-bond acceptors (Lipinski definition) is 9. The number of allylic oxidation sites excluding steroid dienone is 10. The second-order valence-corrected chi connectivity index (χ2v) is 16.9. The van der Waals surface area contributed by atoms with Crippen molar-refractivity contribution in [1.29, 1.82) is 0 Å². The number of phosphoric acid groups is 1. The summed E-state index contributed by atoms with van der Waals surface area (Å²) in [4.78, 5) is 34.9. The van der Waals surface area contributed by atoms with E-state index in [1.165, 1.54) is 96.3 Å². The normalized spacial score (nSPS) is 14.4. The summed E-state index contributed by atoms with van der Waals surface area (Å²) in [6.07, 6.45) is 51.4. The first-order valence-corrected chi connectivity index (χ1v) is 25.0. The van der Waals surface area contributed by atoms with Crippen molar-refractivity contribution in [1.82, 2.24) is 0 Å². The van der Waals surface area contributed by atoms with Crippen molar-refractivity contribution in [2.75, 3.05) is 26.4 Å². The average molecular weight is 864 g/mol. The van der Waals surface area contributed by atoms with Gasteiger partial charge in [-0.1, -0.05) is 202 Å². The van der Waals surface area contributed by atoms with E-state index < -0.39 is 38.6 Å². The standard InChI is InChI=1S/C49H86NO9P/c1-3-5-7-8-9-10-11-12-13-14-15-16-17-20-24-27-30-33-37-41-49(53)59-47(45-58-60(54,55)57-43-42-50)44-56-48(52)40-36-32-29-26-23-21-18-19-22-25-28-31-35-39-46(51)38-34-6-4-2/h6,19,21-23,28-29,31-32,34-35,39,46-47,51H,3-5,7-18,20,24-27,30,33,36-38,40-45,50H2,1-2H3,(H,54,55)/b22-19-,23-21-,31-28+,32-29-,34-6-,39-35+/t46?,47-/m1/s1. The summed E-state index contributed by atoms with van der Waals surface area (Å²) >= 11 is 0. The number of nitrogens with two attached hydrogens (primary N) is 1. The van der Waals surface area contributed by atoms with Crippen molar-refractivity contribution >= 4 is 19.8 Å². The van der Waals surface area contributed by atoms with Gasteiger partial charge in [0, 0.05) is 19.4 Å². The number of carbonyl (C=O) groups excluding carboxylic acids is 2. The van der Waals surface area contributed by atoms with Crippen molar-refractivity contribution in [3.05, 3.63) is 72.9 Å². The van der Waals surface area contributed by atoms with E-state index in [2.05, 4.69) is 38.2 Å². The summed E-state index contributed by atoms with van der Waals surface area (Å²) in [5.74, 6) is -0.946. The third-order valence-electron chi connectivity index (χ3n) is 9.70. The van der Waals surface area contributed by atoms with E-state index in [0.717, 1.165) is 44.9 Å².